The zero-order valence-corrected chi connectivity index (χ0v) is 11.2. The van der Waals surface area contributed by atoms with Gasteiger partial charge in [-0.25, -0.2) is 0 Å². The monoisotopic (exact) mass is 258 g/mol. The molecule has 1 aromatic heterocycles. The summed E-state index contributed by atoms with van der Waals surface area (Å²) in [5.41, 5.74) is 9.11. The minimum absolute atomic E-state index is 0.394. The molecule has 0 bridgehead atoms. The second kappa shape index (κ2) is 5.67. The summed E-state index contributed by atoms with van der Waals surface area (Å²) in [5, 5.41) is 7.50. The van der Waals surface area contributed by atoms with Gasteiger partial charge in [0.15, 0.2) is 0 Å². The summed E-state index contributed by atoms with van der Waals surface area (Å²) in [6, 6.07) is 7.37. The first-order valence-electron chi connectivity index (χ1n) is 6.15. The fourth-order valence-corrected chi connectivity index (χ4v) is 1.96. The second-order valence-electron chi connectivity index (χ2n) is 4.50. The standard InChI is InChI=1S/C14H18N4O/c1-10-12(9-17-18(10)2)8-16-7-11-5-3-4-6-13(11)14(15)19/h3-6,9,16H,7-8H2,1-2H3,(H2,15,19). The molecule has 19 heavy (non-hydrogen) atoms. The van der Waals surface area contributed by atoms with Crippen molar-refractivity contribution in [3.63, 3.8) is 0 Å². The Morgan fingerprint density at radius 1 is 1.32 bits per heavy atom. The van der Waals surface area contributed by atoms with Gasteiger partial charge in [-0.3, -0.25) is 9.48 Å². The molecule has 1 amide bonds. The Hall–Kier alpha value is -2.14. The number of nitrogens with two attached hydrogens (primary N) is 1. The van der Waals surface area contributed by atoms with Gasteiger partial charge < -0.3 is 11.1 Å². The van der Waals surface area contributed by atoms with Gasteiger partial charge in [0.2, 0.25) is 5.91 Å². The number of hydrogen-bond acceptors (Lipinski definition) is 3. The molecule has 0 saturated carbocycles. The number of nitrogens with zero attached hydrogens (tertiary/aromatic N) is 2. The maximum Gasteiger partial charge on any atom is 0.249 e. The predicted molar refractivity (Wildman–Crippen MR) is 73.4 cm³/mol. The number of aryl methyl sites for hydroxylation is 1. The molecule has 1 aromatic carbocycles. The fourth-order valence-electron chi connectivity index (χ4n) is 1.96. The lowest BCUT2D eigenvalue weighted by Gasteiger charge is -2.08. The zero-order chi connectivity index (χ0) is 13.8. The van der Waals surface area contributed by atoms with Crippen molar-refractivity contribution in [1.82, 2.24) is 15.1 Å². The van der Waals surface area contributed by atoms with E-state index in [1.165, 1.54) is 0 Å². The van der Waals surface area contributed by atoms with E-state index in [1.54, 1.807) is 6.07 Å². The van der Waals surface area contributed by atoms with Crippen LogP contribution in [0.15, 0.2) is 30.5 Å². The predicted octanol–water partition coefficient (Wildman–Crippen LogP) is 1.12. The Labute approximate surface area is 112 Å². The van der Waals surface area contributed by atoms with Crippen LogP contribution in [-0.4, -0.2) is 15.7 Å². The van der Waals surface area contributed by atoms with Crippen LogP contribution in [0, 0.1) is 6.92 Å². The Bertz CT molecular complexity index is 589. The molecule has 0 aliphatic rings. The van der Waals surface area contributed by atoms with Crippen LogP contribution in [0.3, 0.4) is 0 Å². The number of carbonyl (C=O) groups excluding carboxylic acids is 1. The number of nitrogens with one attached hydrogen (secondary N) is 1. The second-order valence-corrected chi connectivity index (χ2v) is 4.50. The third kappa shape index (κ3) is 3.00. The first kappa shape index (κ1) is 13.3. The highest BCUT2D eigenvalue weighted by Crippen LogP contribution is 2.09. The van der Waals surface area contributed by atoms with Crippen LogP contribution in [0.2, 0.25) is 0 Å². The molecule has 0 unspecified atom stereocenters. The van der Waals surface area contributed by atoms with E-state index in [1.807, 2.05) is 43.0 Å². The molecule has 0 radical (unpaired) electrons. The summed E-state index contributed by atoms with van der Waals surface area (Å²) in [5.74, 6) is -0.394. The van der Waals surface area contributed by atoms with Crippen LogP contribution in [-0.2, 0) is 20.1 Å². The maximum atomic E-state index is 11.3. The fraction of sp³-hybridized carbons (Fsp3) is 0.286. The Morgan fingerprint density at radius 2 is 2.00 bits per heavy atom. The first-order chi connectivity index (χ1) is 9.09. The van der Waals surface area contributed by atoms with Crippen LogP contribution < -0.4 is 11.1 Å². The molecule has 0 spiro atoms. The molecular weight excluding hydrogens is 240 g/mol. The normalized spacial score (nSPS) is 10.6. The van der Waals surface area contributed by atoms with Crippen LogP contribution >= 0.6 is 0 Å². The molecular formula is C14H18N4O. The van der Waals surface area contributed by atoms with Crippen molar-refractivity contribution in [2.75, 3.05) is 0 Å². The highest BCUT2D eigenvalue weighted by atomic mass is 16.1. The molecule has 0 fully saturated rings. The minimum atomic E-state index is -0.394. The topological polar surface area (TPSA) is 72.9 Å². The quantitative estimate of drug-likeness (QED) is 0.844. The first-order valence-corrected chi connectivity index (χ1v) is 6.15. The largest absolute Gasteiger partial charge is 0.366 e. The van der Waals surface area contributed by atoms with E-state index in [9.17, 15) is 4.79 Å². The van der Waals surface area contributed by atoms with E-state index in [4.69, 9.17) is 5.73 Å². The van der Waals surface area contributed by atoms with E-state index in [2.05, 4.69) is 10.4 Å². The van der Waals surface area contributed by atoms with Gasteiger partial charge in [0.1, 0.15) is 0 Å². The molecule has 2 aromatic rings. The zero-order valence-electron chi connectivity index (χ0n) is 11.2. The van der Waals surface area contributed by atoms with Crippen molar-refractivity contribution in [1.29, 1.82) is 0 Å². The molecule has 0 aliphatic heterocycles. The number of amides is 1. The Morgan fingerprint density at radius 3 is 2.63 bits per heavy atom. The van der Waals surface area contributed by atoms with Crippen LogP contribution in [0.25, 0.3) is 0 Å². The number of benzene rings is 1. The van der Waals surface area contributed by atoms with Crippen molar-refractivity contribution < 1.29 is 4.79 Å². The summed E-state index contributed by atoms with van der Waals surface area (Å²) >= 11 is 0. The molecule has 5 heteroatoms. The van der Waals surface area contributed by atoms with Gasteiger partial charge in [0, 0.05) is 37.0 Å². The van der Waals surface area contributed by atoms with Crippen molar-refractivity contribution in [2.24, 2.45) is 12.8 Å². The highest BCUT2D eigenvalue weighted by molar-refractivity contribution is 5.94. The summed E-state index contributed by atoms with van der Waals surface area (Å²) < 4.78 is 1.84. The third-order valence-electron chi connectivity index (χ3n) is 3.25. The molecule has 0 saturated heterocycles. The molecule has 1 heterocycles. The van der Waals surface area contributed by atoms with Gasteiger partial charge in [-0.1, -0.05) is 18.2 Å². The van der Waals surface area contributed by atoms with Crippen LogP contribution in [0.5, 0.6) is 0 Å². The van der Waals surface area contributed by atoms with Crippen LogP contribution in [0.4, 0.5) is 0 Å². The van der Waals surface area contributed by atoms with Gasteiger partial charge in [-0.2, -0.15) is 5.10 Å². The van der Waals surface area contributed by atoms with Crippen molar-refractivity contribution in [2.45, 2.75) is 20.0 Å². The summed E-state index contributed by atoms with van der Waals surface area (Å²) in [4.78, 5) is 11.3. The van der Waals surface area contributed by atoms with E-state index in [0.29, 0.717) is 18.7 Å². The number of carbonyl (C=O) groups is 1. The van der Waals surface area contributed by atoms with Gasteiger partial charge in [-0.15, -0.1) is 0 Å². The van der Waals surface area contributed by atoms with Crippen molar-refractivity contribution in [3.8, 4) is 0 Å². The average molecular weight is 258 g/mol. The number of hydrogen-bond donors (Lipinski definition) is 2. The van der Waals surface area contributed by atoms with Gasteiger partial charge in [0.05, 0.1) is 6.20 Å². The maximum absolute atomic E-state index is 11.3. The molecule has 0 aliphatic carbocycles. The minimum Gasteiger partial charge on any atom is -0.366 e. The van der Waals surface area contributed by atoms with Gasteiger partial charge in [0.25, 0.3) is 0 Å². The summed E-state index contributed by atoms with van der Waals surface area (Å²) in [7, 11) is 1.92. The molecule has 3 N–H and O–H groups in total. The van der Waals surface area contributed by atoms with Crippen molar-refractivity contribution >= 4 is 5.91 Å². The average Bonchev–Trinajstić information content (AvgIpc) is 2.71. The summed E-state index contributed by atoms with van der Waals surface area (Å²) in [6.45, 7) is 3.35. The smallest absolute Gasteiger partial charge is 0.249 e. The van der Waals surface area contributed by atoms with Crippen LogP contribution in [0.1, 0.15) is 27.2 Å². The van der Waals surface area contributed by atoms with Gasteiger partial charge in [-0.05, 0) is 18.6 Å². The SMILES string of the molecule is Cc1c(CNCc2ccccc2C(N)=O)cnn1C. The lowest BCUT2D eigenvalue weighted by atomic mass is 10.1. The number of rotatable bonds is 5. The summed E-state index contributed by atoms with van der Waals surface area (Å²) in [6.07, 6.45) is 1.85. The van der Waals surface area contributed by atoms with E-state index in [0.717, 1.165) is 16.8 Å². The van der Waals surface area contributed by atoms with E-state index < -0.39 is 5.91 Å². The highest BCUT2D eigenvalue weighted by Gasteiger charge is 2.07. The Balaban J connectivity index is 2.00. The van der Waals surface area contributed by atoms with E-state index in [-0.39, 0.29) is 0 Å². The Kier molecular flexibility index (Phi) is 3.97. The van der Waals surface area contributed by atoms with E-state index >= 15 is 0 Å². The number of primary amides is 1. The number of aromatic nitrogens is 2. The molecule has 0 atom stereocenters. The lowest BCUT2D eigenvalue weighted by molar-refractivity contribution is 0.0999. The third-order valence-corrected chi connectivity index (χ3v) is 3.25. The molecule has 5 nitrogen and oxygen atoms in total. The van der Waals surface area contributed by atoms with Gasteiger partial charge >= 0.3 is 0 Å². The van der Waals surface area contributed by atoms with Crippen molar-refractivity contribution in [3.05, 3.63) is 52.8 Å². The molecule has 100 valence electrons. The lowest BCUT2D eigenvalue weighted by Crippen LogP contribution is -2.19. The molecule has 2 rings (SSSR count).